The fraction of sp³-hybridized carbons (Fsp3) is 0.778. The lowest BCUT2D eigenvalue weighted by Crippen LogP contribution is -2.54. The highest BCUT2D eigenvalue weighted by Crippen LogP contribution is 2.43. The van der Waals surface area contributed by atoms with Crippen LogP contribution in [0.5, 0.6) is 0 Å². The largest absolute Gasteiger partial charge is 0.461 e. The average molecular weight is 705 g/mol. The third-order valence-electron chi connectivity index (χ3n) is 10.00. The van der Waals surface area contributed by atoms with Crippen molar-refractivity contribution < 1.29 is 28.4 Å². The highest BCUT2D eigenvalue weighted by Gasteiger charge is 2.44. The zero-order valence-corrected chi connectivity index (χ0v) is 31.7. The number of carbonyl (C=O) groups is 2. The average Bonchev–Trinajstić information content (AvgIpc) is 3.45. The Morgan fingerprint density at radius 2 is 1.39 bits per heavy atom. The van der Waals surface area contributed by atoms with Crippen molar-refractivity contribution in [3.8, 4) is 0 Å². The van der Waals surface area contributed by atoms with E-state index < -0.39 is 36.6 Å². The van der Waals surface area contributed by atoms with Crippen LogP contribution in [0.25, 0.3) is 11.2 Å². The third kappa shape index (κ3) is 11.0. The van der Waals surface area contributed by atoms with E-state index in [2.05, 4.69) is 34.0 Å². The van der Waals surface area contributed by atoms with Crippen LogP contribution >= 0.6 is 7.44 Å². The van der Waals surface area contributed by atoms with Gasteiger partial charge in [0.25, 0.3) is 0 Å². The van der Waals surface area contributed by atoms with Gasteiger partial charge in [-0.05, 0) is 104 Å². The molecule has 0 bridgehead atoms. The summed E-state index contributed by atoms with van der Waals surface area (Å²) in [5.74, 6) is 0.381. The Labute approximate surface area is 292 Å². The maximum Gasteiger partial charge on any atom is 0.326 e. The monoisotopic (exact) mass is 704 g/mol. The van der Waals surface area contributed by atoms with E-state index in [4.69, 9.17) is 19.9 Å². The van der Waals surface area contributed by atoms with Gasteiger partial charge in [-0.25, -0.2) is 20.1 Å². The SMILES string of the molecule is CCCC1CCC(OC(=O)C(C)(C)NP(=O)(CO[C@H](C)Cn2cnc3c(N)ccnc32)NC(C)(C)C(=O)OC2CCC(CCC)CC2)CC1. The maximum absolute atomic E-state index is 14.8. The molecule has 1 atom stereocenters. The predicted molar refractivity (Wildman–Crippen MR) is 193 cm³/mol. The molecule has 0 aliphatic heterocycles. The Hall–Kier alpha value is -2.53. The van der Waals surface area contributed by atoms with Crippen LogP contribution in [0, 0.1) is 11.8 Å². The molecule has 2 aliphatic rings. The first-order valence-corrected chi connectivity index (χ1v) is 20.3. The van der Waals surface area contributed by atoms with E-state index in [1.807, 2.05) is 11.5 Å². The number of nitrogens with two attached hydrogens (primary N) is 1. The van der Waals surface area contributed by atoms with Crippen molar-refractivity contribution in [1.29, 1.82) is 0 Å². The number of anilines is 1. The maximum atomic E-state index is 14.8. The molecular formula is C36H61N6O6P. The quantitative estimate of drug-likeness (QED) is 0.114. The molecule has 0 amide bonds. The molecule has 2 fully saturated rings. The zero-order chi connectivity index (χ0) is 35.8. The summed E-state index contributed by atoms with van der Waals surface area (Å²) in [5, 5.41) is 6.13. The predicted octanol–water partition coefficient (Wildman–Crippen LogP) is 7.11. The number of nitrogens with zero attached hydrogens (tertiary/aromatic N) is 3. The molecule has 276 valence electrons. The topological polar surface area (TPSA) is 160 Å². The number of fused-ring (bicyclic) bond motifs is 1. The summed E-state index contributed by atoms with van der Waals surface area (Å²) >= 11 is 0. The number of esters is 2. The minimum atomic E-state index is -3.80. The summed E-state index contributed by atoms with van der Waals surface area (Å²) in [6.07, 6.45) is 14.4. The van der Waals surface area contributed by atoms with Gasteiger partial charge in [0.1, 0.15) is 35.2 Å². The van der Waals surface area contributed by atoms with Crippen molar-refractivity contribution in [2.45, 2.75) is 161 Å². The van der Waals surface area contributed by atoms with Crippen molar-refractivity contribution in [3.63, 3.8) is 0 Å². The van der Waals surface area contributed by atoms with Crippen LogP contribution in [-0.2, 0) is 34.9 Å². The van der Waals surface area contributed by atoms with Gasteiger partial charge < -0.3 is 24.5 Å². The van der Waals surface area contributed by atoms with Crippen LogP contribution in [0.1, 0.15) is 126 Å². The Bertz CT molecular complexity index is 1370. The lowest BCUT2D eigenvalue weighted by molar-refractivity contribution is -0.157. The second-order valence-corrected chi connectivity index (χ2v) is 17.6. The smallest absolute Gasteiger partial charge is 0.326 e. The molecule has 2 saturated carbocycles. The van der Waals surface area contributed by atoms with Gasteiger partial charge >= 0.3 is 11.9 Å². The van der Waals surface area contributed by atoms with Gasteiger partial charge in [-0.15, -0.1) is 0 Å². The molecule has 2 aromatic rings. The number of imidazole rings is 1. The minimum absolute atomic E-state index is 0.170. The standard InChI is InChI=1S/C36H61N6O6P/c1-8-10-26-12-16-28(17-13-26)47-33(43)35(4,5)40-49(45,24-46-25(3)22-42-23-39-31-30(37)20-21-38-32(31)42)41-36(6,7)34(44)48-29-18-14-27(11-9-2)15-19-29/h20-21,23,25-29H,8-19,22,24H2,1-7H3,(H2,37,38)(H2,40,41,45)/t25-,26?,27?,28?,29?,49?/m1/s1. The number of pyridine rings is 1. The van der Waals surface area contributed by atoms with Gasteiger partial charge in [-0.3, -0.25) is 14.2 Å². The number of nitrogens with one attached hydrogen (secondary N) is 2. The van der Waals surface area contributed by atoms with E-state index in [1.54, 1.807) is 46.3 Å². The van der Waals surface area contributed by atoms with Crippen LogP contribution < -0.4 is 15.9 Å². The highest BCUT2D eigenvalue weighted by atomic mass is 31.2. The molecule has 2 heterocycles. The highest BCUT2D eigenvalue weighted by molar-refractivity contribution is 7.59. The second-order valence-electron chi connectivity index (χ2n) is 15.5. The summed E-state index contributed by atoms with van der Waals surface area (Å²) in [7, 11) is -3.80. The zero-order valence-electron chi connectivity index (χ0n) is 30.8. The molecule has 0 aromatic carbocycles. The van der Waals surface area contributed by atoms with E-state index in [0.717, 1.165) is 64.2 Å². The number of ether oxygens (including phenoxy) is 3. The Balaban J connectivity index is 1.45. The van der Waals surface area contributed by atoms with E-state index in [0.29, 0.717) is 35.2 Å². The lowest BCUT2D eigenvalue weighted by Gasteiger charge is -2.37. The molecule has 12 nitrogen and oxygen atoms in total. The summed E-state index contributed by atoms with van der Waals surface area (Å²) in [6.45, 7) is 13.2. The minimum Gasteiger partial charge on any atom is -0.461 e. The van der Waals surface area contributed by atoms with Crippen LogP contribution in [-0.4, -0.2) is 62.2 Å². The molecule has 0 unspecified atom stereocenters. The molecule has 0 saturated heterocycles. The fourth-order valence-corrected chi connectivity index (χ4v) is 9.89. The number of aromatic nitrogens is 3. The number of hydrogen-bond acceptors (Lipinski definition) is 9. The van der Waals surface area contributed by atoms with E-state index in [-0.39, 0.29) is 18.6 Å². The van der Waals surface area contributed by atoms with Crippen LogP contribution in [0.4, 0.5) is 5.69 Å². The number of hydrogen-bond donors (Lipinski definition) is 3. The first-order chi connectivity index (χ1) is 23.1. The van der Waals surface area contributed by atoms with Gasteiger partial charge in [-0.2, -0.15) is 0 Å². The van der Waals surface area contributed by atoms with Gasteiger partial charge in [0.05, 0.1) is 24.7 Å². The summed E-state index contributed by atoms with van der Waals surface area (Å²) in [6, 6.07) is 1.70. The molecule has 49 heavy (non-hydrogen) atoms. The second kappa shape index (κ2) is 17.1. The van der Waals surface area contributed by atoms with E-state index in [1.165, 1.54) is 12.8 Å². The normalized spacial score (nSPS) is 23.9. The van der Waals surface area contributed by atoms with Crippen LogP contribution in [0.15, 0.2) is 18.6 Å². The van der Waals surface area contributed by atoms with Crippen LogP contribution in [0.2, 0.25) is 0 Å². The molecule has 2 aromatic heterocycles. The number of rotatable bonds is 17. The van der Waals surface area contributed by atoms with Crippen molar-refractivity contribution in [2.24, 2.45) is 11.8 Å². The summed E-state index contributed by atoms with van der Waals surface area (Å²) < 4.78 is 34.8. The van der Waals surface area contributed by atoms with E-state index >= 15 is 0 Å². The van der Waals surface area contributed by atoms with Gasteiger partial charge in [0, 0.05) is 6.20 Å². The molecule has 4 N–H and O–H groups in total. The summed E-state index contributed by atoms with van der Waals surface area (Å²) in [5.41, 5.74) is 5.13. The molecular weight excluding hydrogens is 643 g/mol. The van der Waals surface area contributed by atoms with Gasteiger partial charge in [0.15, 0.2) is 5.65 Å². The molecule has 2 aliphatic carbocycles. The van der Waals surface area contributed by atoms with Crippen LogP contribution in [0.3, 0.4) is 0 Å². The Morgan fingerprint density at radius 1 is 0.898 bits per heavy atom. The Kier molecular flexibility index (Phi) is 13.7. The van der Waals surface area contributed by atoms with Gasteiger partial charge in [0.2, 0.25) is 7.44 Å². The third-order valence-corrected chi connectivity index (χ3v) is 12.4. The summed E-state index contributed by atoms with van der Waals surface area (Å²) in [4.78, 5) is 35.9. The first-order valence-electron chi connectivity index (χ1n) is 18.4. The molecule has 0 spiro atoms. The van der Waals surface area contributed by atoms with Crippen molar-refractivity contribution in [3.05, 3.63) is 18.6 Å². The lowest BCUT2D eigenvalue weighted by atomic mass is 9.84. The fourth-order valence-electron chi connectivity index (χ4n) is 7.25. The molecule has 0 radical (unpaired) electrons. The van der Waals surface area contributed by atoms with Crippen molar-refractivity contribution in [2.75, 3.05) is 12.1 Å². The van der Waals surface area contributed by atoms with Crippen molar-refractivity contribution in [1.82, 2.24) is 24.7 Å². The number of nitrogen functional groups attached to an aromatic ring is 1. The number of carbonyl (C=O) groups excluding carboxylic acids is 2. The van der Waals surface area contributed by atoms with Gasteiger partial charge in [-0.1, -0.05) is 39.5 Å². The van der Waals surface area contributed by atoms with E-state index in [9.17, 15) is 14.2 Å². The Morgan fingerprint density at radius 3 is 1.86 bits per heavy atom. The van der Waals surface area contributed by atoms with Crippen molar-refractivity contribution >= 4 is 36.2 Å². The molecule has 4 rings (SSSR count). The molecule has 13 heteroatoms. The first kappa shape index (κ1) is 39.3.